The minimum atomic E-state index is 0.869. The van der Waals surface area contributed by atoms with Gasteiger partial charge in [0.05, 0.1) is 0 Å². The summed E-state index contributed by atoms with van der Waals surface area (Å²) in [5.41, 5.74) is 0.869. The fourth-order valence-corrected chi connectivity index (χ4v) is 1.36. The first-order chi connectivity index (χ1) is 5.92. The van der Waals surface area contributed by atoms with E-state index in [9.17, 15) is 0 Å². The van der Waals surface area contributed by atoms with E-state index >= 15 is 0 Å². The van der Waals surface area contributed by atoms with Crippen molar-refractivity contribution in [2.24, 2.45) is 0 Å². The molecule has 0 atom stereocenters. The fraction of sp³-hybridized carbons (Fsp3) is 0. The van der Waals surface area contributed by atoms with Crippen LogP contribution in [-0.4, -0.2) is 12.5 Å². The predicted octanol–water partition coefficient (Wildman–Crippen LogP) is 1.08. The molecule has 2 rings (SSSR count). The smallest absolute Gasteiger partial charge is 0.327 e. The quantitative estimate of drug-likeness (QED) is 0.610. The van der Waals surface area contributed by atoms with Gasteiger partial charge < -0.3 is 5.02 Å². The third-order valence-corrected chi connectivity index (χ3v) is 1.96. The summed E-state index contributed by atoms with van der Waals surface area (Å²) in [6, 6.07) is 13.8. The predicted molar refractivity (Wildman–Crippen MR) is 51.6 cm³/mol. The second-order valence-electron chi connectivity index (χ2n) is 2.70. The molecular weight excluding hydrogens is 147 g/mol. The Kier molecular flexibility index (Phi) is 1.84. The molecule has 0 amide bonds. The van der Waals surface area contributed by atoms with Crippen LogP contribution in [0.3, 0.4) is 0 Å². The zero-order valence-corrected chi connectivity index (χ0v) is 6.57. The summed E-state index contributed by atoms with van der Waals surface area (Å²) in [5.74, 6) is 0. The lowest BCUT2D eigenvalue weighted by molar-refractivity contribution is 0.616. The standard InChI is InChI=1S/C10H8BO/c12-11-10-7-3-5-8-4-1-2-6-9(8)10/h1-7,12H. The Morgan fingerprint density at radius 2 is 1.67 bits per heavy atom. The van der Waals surface area contributed by atoms with Gasteiger partial charge in [-0.3, -0.25) is 0 Å². The fourth-order valence-electron chi connectivity index (χ4n) is 1.36. The molecule has 0 heterocycles. The van der Waals surface area contributed by atoms with Crippen molar-refractivity contribution in [3.05, 3.63) is 42.5 Å². The van der Waals surface area contributed by atoms with Crippen LogP contribution in [0.2, 0.25) is 0 Å². The minimum absolute atomic E-state index is 0.869. The van der Waals surface area contributed by atoms with Gasteiger partial charge in [-0.2, -0.15) is 0 Å². The van der Waals surface area contributed by atoms with E-state index in [2.05, 4.69) is 0 Å². The molecule has 1 nitrogen and oxygen atoms in total. The Labute approximate surface area is 71.9 Å². The maximum absolute atomic E-state index is 8.91. The maximum Gasteiger partial charge on any atom is 0.327 e. The van der Waals surface area contributed by atoms with Gasteiger partial charge in [-0.1, -0.05) is 42.5 Å². The van der Waals surface area contributed by atoms with Crippen LogP contribution in [0, 0.1) is 0 Å². The van der Waals surface area contributed by atoms with Gasteiger partial charge in [-0.15, -0.1) is 0 Å². The van der Waals surface area contributed by atoms with Crippen molar-refractivity contribution < 1.29 is 5.02 Å². The zero-order chi connectivity index (χ0) is 8.39. The molecule has 12 heavy (non-hydrogen) atoms. The molecule has 0 saturated carbocycles. The molecule has 0 unspecified atom stereocenters. The van der Waals surface area contributed by atoms with E-state index in [1.54, 1.807) is 0 Å². The molecule has 1 N–H and O–H groups in total. The topological polar surface area (TPSA) is 20.2 Å². The highest BCUT2D eigenvalue weighted by Crippen LogP contribution is 2.09. The monoisotopic (exact) mass is 155 g/mol. The van der Waals surface area contributed by atoms with Crippen LogP contribution in [0.5, 0.6) is 0 Å². The number of fused-ring (bicyclic) bond motifs is 1. The van der Waals surface area contributed by atoms with Gasteiger partial charge in [0.2, 0.25) is 0 Å². The van der Waals surface area contributed by atoms with Crippen LogP contribution in [0.1, 0.15) is 0 Å². The van der Waals surface area contributed by atoms with E-state index in [1.165, 1.54) is 0 Å². The molecule has 0 saturated heterocycles. The number of benzene rings is 2. The summed E-state index contributed by atoms with van der Waals surface area (Å²) >= 11 is 0. The lowest BCUT2D eigenvalue weighted by atomic mass is 9.84. The molecule has 2 aromatic rings. The molecule has 2 aromatic carbocycles. The Balaban J connectivity index is 2.79. The van der Waals surface area contributed by atoms with Crippen molar-refractivity contribution in [2.75, 3.05) is 0 Å². The summed E-state index contributed by atoms with van der Waals surface area (Å²) in [5, 5.41) is 11.1. The molecule has 0 aliphatic heterocycles. The van der Waals surface area contributed by atoms with E-state index < -0.39 is 0 Å². The lowest BCUT2D eigenvalue weighted by Crippen LogP contribution is -2.13. The molecule has 0 aliphatic rings. The molecule has 0 aromatic heterocycles. The normalized spacial score (nSPS) is 10.1. The summed E-state index contributed by atoms with van der Waals surface area (Å²) in [4.78, 5) is 0. The van der Waals surface area contributed by atoms with E-state index in [-0.39, 0.29) is 0 Å². The molecule has 57 valence electrons. The highest BCUT2D eigenvalue weighted by atomic mass is 16.2. The van der Waals surface area contributed by atoms with Crippen LogP contribution < -0.4 is 5.46 Å². The summed E-state index contributed by atoms with van der Waals surface area (Å²) in [7, 11) is 1.14. The molecule has 0 aliphatic carbocycles. The molecule has 0 bridgehead atoms. The van der Waals surface area contributed by atoms with Crippen molar-refractivity contribution in [3.8, 4) is 0 Å². The van der Waals surface area contributed by atoms with Gasteiger partial charge in [-0.05, 0) is 16.2 Å². The Morgan fingerprint density at radius 1 is 0.917 bits per heavy atom. The number of hydrogen-bond donors (Lipinski definition) is 1. The van der Waals surface area contributed by atoms with Gasteiger partial charge in [0.1, 0.15) is 0 Å². The Morgan fingerprint density at radius 3 is 2.50 bits per heavy atom. The summed E-state index contributed by atoms with van der Waals surface area (Å²) in [6.45, 7) is 0. The van der Waals surface area contributed by atoms with Gasteiger partial charge in [0, 0.05) is 0 Å². The van der Waals surface area contributed by atoms with Gasteiger partial charge in [0.15, 0.2) is 0 Å². The SMILES string of the molecule is O[B]c1cccc2ccccc12. The third-order valence-electron chi connectivity index (χ3n) is 1.96. The first-order valence-electron chi connectivity index (χ1n) is 3.87. The van der Waals surface area contributed by atoms with Crippen molar-refractivity contribution in [1.82, 2.24) is 0 Å². The Hall–Kier alpha value is -1.28. The number of rotatable bonds is 1. The highest BCUT2D eigenvalue weighted by Gasteiger charge is 1.98. The van der Waals surface area contributed by atoms with Crippen LogP contribution in [0.15, 0.2) is 42.5 Å². The Bertz CT molecular complexity index is 392. The van der Waals surface area contributed by atoms with Crippen LogP contribution in [-0.2, 0) is 0 Å². The molecule has 1 radical (unpaired) electrons. The van der Waals surface area contributed by atoms with E-state index in [0.717, 1.165) is 23.7 Å². The van der Waals surface area contributed by atoms with Gasteiger partial charge >= 0.3 is 7.48 Å². The van der Waals surface area contributed by atoms with E-state index in [1.807, 2.05) is 42.5 Å². The average molecular weight is 155 g/mol. The van der Waals surface area contributed by atoms with Crippen molar-refractivity contribution in [2.45, 2.75) is 0 Å². The van der Waals surface area contributed by atoms with Gasteiger partial charge in [-0.25, -0.2) is 0 Å². The maximum atomic E-state index is 8.91. The first kappa shape index (κ1) is 7.38. The largest absolute Gasteiger partial charge is 0.450 e. The van der Waals surface area contributed by atoms with Crippen molar-refractivity contribution in [1.29, 1.82) is 0 Å². The molecule has 2 heteroatoms. The van der Waals surface area contributed by atoms with Crippen LogP contribution in [0.4, 0.5) is 0 Å². The molecular formula is C10H8BO. The lowest BCUT2D eigenvalue weighted by Gasteiger charge is -2.00. The molecule has 0 fully saturated rings. The zero-order valence-electron chi connectivity index (χ0n) is 6.57. The van der Waals surface area contributed by atoms with Crippen LogP contribution >= 0.6 is 0 Å². The van der Waals surface area contributed by atoms with Gasteiger partial charge in [0.25, 0.3) is 0 Å². The van der Waals surface area contributed by atoms with Crippen molar-refractivity contribution in [3.63, 3.8) is 0 Å². The number of hydrogen-bond acceptors (Lipinski definition) is 1. The van der Waals surface area contributed by atoms with E-state index in [4.69, 9.17) is 5.02 Å². The first-order valence-corrected chi connectivity index (χ1v) is 3.87. The third kappa shape index (κ3) is 1.10. The minimum Gasteiger partial charge on any atom is -0.450 e. The second-order valence-corrected chi connectivity index (χ2v) is 2.70. The van der Waals surface area contributed by atoms with Crippen LogP contribution in [0.25, 0.3) is 10.8 Å². The second kappa shape index (κ2) is 2.99. The average Bonchev–Trinajstić information content (AvgIpc) is 2.17. The summed E-state index contributed by atoms with van der Waals surface area (Å²) in [6.07, 6.45) is 0. The van der Waals surface area contributed by atoms with E-state index in [0.29, 0.717) is 0 Å². The summed E-state index contributed by atoms with van der Waals surface area (Å²) < 4.78 is 0. The molecule has 0 spiro atoms. The van der Waals surface area contributed by atoms with Crippen molar-refractivity contribution >= 4 is 23.7 Å². The highest BCUT2D eigenvalue weighted by molar-refractivity contribution is 6.50.